The molecule has 2 aromatic rings. The highest BCUT2D eigenvalue weighted by Crippen LogP contribution is 2.29. The number of hydrogen-bond acceptors (Lipinski definition) is 3. The number of nitrogens with zero attached hydrogens (tertiary/aromatic N) is 1. The third kappa shape index (κ3) is 2.96. The fourth-order valence-electron chi connectivity index (χ4n) is 1.71. The van der Waals surface area contributed by atoms with Crippen LogP contribution in [0.15, 0.2) is 30.3 Å². The predicted molar refractivity (Wildman–Crippen MR) is 66.0 cm³/mol. The zero-order valence-electron chi connectivity index (χ0n) is 10.2. The van der Waals surface area contributed by atoms with Crippen molar-refractivity contribution in [3.8, 4) is 5.75 Å². The molecule has 0 amide bonds. The lowest BCUT2D eigenvalue weighted by molar-refractivity contribution is -0.191. The second-order valence-electron chi connectivity index (χ2n) is 4.16. The molecule has 1 aromatic heterocycles. The topological polar surface area (TPSA) is 48.1 Å². The van der Waals surface area contributed by atoms with Crippen LogP contribution >= 0.6 is 0 Å². The van der Waals surface area contributed by atoms with E-state index < -0.39 is 18.8 Å². The molecule has 1 unspecified atom stereocenters. The third-order valence-electron chi connectivity index (χ3n) is 2.67. The van der Waals surface area contributed by atoms with E-state index in [1.807, 2.05) is 0 Å². The van der Waals surface area contributed by atoms with Crippen LogP contribution in [0.2, 0.25) is 0 Å². The summed E-state index contributed by atoms with van der Waals surface area (Å²) < 4.78 is 43.0. The van der Waals surface area contributed by atoms with Gasteiger partial charge in [0.15, 0.2) is 0 Å². The van der Waals surface area contributed by atoms with Gasteiger partial charge in [0.1, 0.15) is 11.3 Å². The first-order valence-corrected chi connectivity index (χ1v) is 5.71. The predicted octanol–water partition coefficient (Wildman–Crippen LogP) is 2.81. The normalized spacial score (nSPS) is 13.5. The summed E-state index contributed by atoms with van der Waals surface area (Å²) in [5, 5.41) is 0.723. The lowest BCUT2D eigenvalue weighted by atomic mass is 10.2. The summed E-state index contributed by atoms with van der Waals surface area (Å²) in [6, 6.07) is 8.42. The van der Waals surface area contributed by atoms with Crippen molar-refractivity contribution in [2.45, 2.75) is 19.2 Å². The average Bonchev–Trinajstić information content (AvgIpc) is 2.34. The first kappa shape index (κ1) is 13.6. The number of hydrogen-bond donors (Lipinski definition) is 1. The van der Waals surface area contributed by atoms with Gasteiger partial charge in [0.25, 0.3) is 0 Å². The summed E-state index contributed by atoms with van der Waals surface area (Å²) >= 11 is 0. The summed E-state index contributed by atoms with van der Waals surface area (Å²) in [6.45, 7) is 1.13. The zero-order chi connectivity index (χ0) is 14.0. The molecule has 19 heavy (non-hydrogen) atoms. The molecule has 1 heterocycles. The Hall–Kier alpha value is -1.82. The van der Waals surface area contributed by atoms with Gasteiger partial charge in [-0.25, -0.2) is 4.98 Å². The van der Waals surface area contributed by atoms with Crippen LogP contribution in [0.4, 0.5) is 13.2 Å². The molecule has 2 rings (SSSR count). The highest BCUT2D eigenvalue weighted by molar-refractivity contribution is 5.84. The van der Waals surface area contributed by atoms with Crippen LogP contribution in [-0.4, -0.2) is 23.8 Å². The monoisotopic (exact) mass is 270 g/mol. The molecule has 0 fully saturated rings. The molecule has 0 aliphatic rings. The van der Waals surface area contributed by atoms with E-state index in [0.29, 0.717) is 11.2 Å². The molecule has 3 nitrogen and oxygen atoms in total. The molecular weight excluding hydrogens is 257 g/mol. The summed E-state index contributed by atoms with van der Waals surface area (Å²) in [5.74, 6) is 0.0916. The van der Waals surface area contributed by atoms with Crippen LogP contribution in [0.1, 0.15) is 5.69 Å². The van der Waals surface area contributed by atoms with Crippen molar-refractivity contribution in [3.63, 3.8) is 0 Å². The van der Waals surface area contributed by atoms with Crippen LogP contribution in [0.3, 0.4) is 0 Å². The number of nitrogens with two attached hydrogens (primary N) is 1. The highest BCUT2D eigenvalue weighted by atomic mass is 19.4. The Bertz CT molecular complexity index is 584. The van der Waals surface area contributed by atoms with Crippen molar-refractivity contribution >= 4 is 10.9 Å². The number of benzene rings is 1. The zero-order valence-corrected chi connectivity index (χ0v) is 10.2. The first-order valence-electron chi connectivity index (χ1n) is 5.71. The number of halogens is 3. The van der Waals surface area contributed by atoms with E-state index in [1.54, 1.807) is 31.2 Å². The Labute approximate surface area is 108 Å². The maximum atomic E-state index is 12.7. The molecule has 102 valence electrons. The number of alkyl halides is 3. The molecule has 0 aliphatic carbocycles. The van der Waals surface area contributed by atoms with E-state index in [9.17, 15) is 13.2 Å². The van der Waals surface area contributed by atoms with Crippen LogP contribution in [0.5, 0.6) is 5.75 Å². The van der Waals surface area contributed by atoms with Gasteiger partial charge < -0.3 is 10.5 Å². The Morgan fingerprint density at radius 3 is 2.63 bits per heavy atom. The molecule has 0 spiro atoms. The lowest BCUT2D eigenvalue weighted by Gasteiger charge is -2.20. The quantitative estimate of drug-likeness (QED) is 0.933. The second-order valence-corrected chi connectivity index (χ2v) is 4.16. The summed E-state index contributed by atoms with van der Waals surface area (Å²) in [5.41, 5.74) is 6.23. The Balaban J connectivity index is 2.42. The number of aryl methyl sites for hydroxylation is 1. The number of fused-ring (bicyclic) bond motifs is 1. The van der Waals surface area contributed by atoms with Crippen LogP contribution < -0.4 is 10.5 Å². The van der Waals surface area contributed by atoms with Gasteiger partial charge in [0, 0.05) is 17.6 Å². The summed E-state index contributed by atoms with van der Waals surface area (Å²) in [7, 11) is 0. The fraction of sp³-hybridized carbons (Fsp3) is 0.308. The standard InChI is InChI=1S/C13H13F3N2O/c1-8-5-6-9-3-2-4-10(12(9)18-8)19-11(7-17)13(14,15)16/h2-6,11H,7,17H2,1H3. The van der Waals surface area contributed by atoms with Crippen molar-refractivity contribution in [2.75, 3.05) is 6.54 Å². The minimum absolute atomic E-state index is 0.0916. The molecular formula is C13H13F3N2O. The van der Waals surface area contributed by atoms with Crippen molar-refractivity contribution in [1.82, 2.24) is 4.98 Å². The van der Waals surface area contributed by atoms with Gasteiger partial charge in [0.2, 0.25) is 6.10 Å². The third-order valence-corrected chi connectivity index (χ3v) is 2.67. The highest BCUT2D eigenvalue weighted by Gasteiger charge is 2.41. The van der Waals surface area contributed by atoms with Crippen LogP contribution in [0.25, 0.3) is 10.9 Å². The van der Waals surface area contributed by atoms with Gasteiger partial charge in [-0.05, 0) is 19.1 Å². The van der Waals surface area contributed by atoms with Crippen molar-refractivity contribution in [1.29, 1.82) is 0 Å². The van der Waals surface area contributed by atoms with Crippen molar-refractivity contribution in [2.24, 2.45) is 5.73 Å². The van der Waals surface area contributed by atoms with Crippen LogP contribution in [0, 0.1) is 6.92 Å². The summed E-state index contributed by atoms with van der Waals surface area (Å²) in [6.07, 6.45) is -6.53. The van der Waals surface area contributed by atoms with Gasteiger partial charge in [-0.1, -0.05) is 18.2 Å². The number of rotatable bonds is 3. The molecule has 1 atom stereocenters. The van der Waals surface area contributed by atoms with E-state index in [4.69, 9.17) is 10.5 Å². The van der Waals surface area contributed by atoms with E-state index in [1.165, 1.54) is 6.07 Å². The number of ether oxygens (including phenoxy) is 1. The minimum Gasteiger partial charge on any atom is -0.477 e. The van der Waals surface area contributed by atoms with Gasteiger partial charge in [-0.15, -0.1) is 0 Å². The number of para-hydroxylation sites is 1. The van der Waals surface area contributed by atoms with E-state index >= 15 is 0 Å². The minimum atomic E-state index is -4.50. The SMILES string of the molecule is Cc1ccc2cccc(OC(CN)C(F)(F)F)c2n1. The van der Waals surface area contributed by atoms with Gasteiger partial charge in [-0.3, -0.25) is 0 Å². The number of aromatic nitrogens is 1. The maximum Gasteiger partial charge on any atom is 0.426 e. The molecule has 2 N–H and O–H groups in total. The van der Waals surface area contributed by atoms with Gasteiger partial charge >= 0.3 is 6.18 Å². The Kier molecular flexibility index (Phi) is 3.61. The van der Waals surface area contributed by atoms with Gasteiger partial charge in [-0.2, -0.15) is 13.2 Å². The molecule has 0 saturated carbocycles. The smallest absolute Gasteiger partial charge is 0.426 e. The van der Waals surface area contributed by atoms with Crippen molar-refractivity contribution in [3.05, 3.63) is 36.0 Å². The molecule has 0 bridgehead atoms. The largest absolute Gasteiger partial charge is 0.477 e. The fourth-order valence-corrected chi connectivity index (χ4v) is 1.71. The van der Waals surface area contributed by atoms with E-state index in [0.717, 1.165) is 5.39 Å². The van der Waals surface area contributed by atoms with Crippen LogP contribution in [-0.2, 0) is 0 Å². The molecule has 0 aliphatic heterocycles. The first-order chi connectivity index (χ1) is 8.91. The molecule has 6 heteroatoms. The van der Waals surface area contributed by atoms with E-state index in [2.05, 4.69) is 4.98 Å². The maximum absolute atomic E-state index is 12.7. The molecule has 0 saturated heterocycles. The lowest BCUT2D eigenvalue weighted by Crippen LogP contribution is -2.40. The Morgan fingerprint density at radius 1 is 1.26 bits per heavy atom. The molecule has 0 radical (unpaired) electrons. The van der Waals surface area contributed by atoms with Crippen molar-refractivity contribution < 1.29 is 17.9 Å². The second kappa shape index (κ2) is 5.05. The molecule has 1 aromatic carbocycles. The number of pyridine rings is 1. The summed E-state index contributed by atoms with van der Waals surface area (Å²) in [4.78, 5) is 4.21. The average molecular weight is 270 g/mol. The Morgan fingerprint density at radius 2 is 2.00 bits per heavy atom. The van der Waals surface area contributed by atoms with E-state index in [-0.39, 0.29) is 5.75 Å². The van der Waals surface area contributed by atoms with Gasteiger partial charge in [0.05, 0.1) is 0 Å².